The second-order valence-electron chi connectivity index (χ2n) is 5.20. The second kappa shape index (κ2) is 4.38. The van der Waals surface area contributed by atoms with Crippen LogP contribution in [0.2, 0.25) is 0 Å². The van der Waals surface area contributed by atoms with Crippen molar-refractivity contribution < 1.29 is 9.53 Å². The van der Waals surface area contributed by atoms with Gasteiger partial charge in [0, 0.05) is 18.0 Å². The maximum absolute atomic E-state index is 11.7. The molecule has 100 valence electrons. The predicted molar refractivity (Wildman–Crippen MR) is 74.0 cm³/mol. The number of carbonyl (C=O) groups is 1. The highest BCUT2D eigenvalue weighted by Crippen LogP contribution is 2.38. The van der Waals surface area contributed by atoms with Gasteiger partial charge in [-0.05, 0) is 25.0 Å². The van der Waals surface area contributed by atoms with Crippen molar-refractivity contribution in [3.05, 3.63) is 35.5 Å². The minimum atomic E-state index is -0.563. The first-order chi connectivity index (χ1) is 9.14. The molecule has 2 N–H and O–H groups in total. The lowest BCUT2D eigenvalue weighted by atomic mass is 9.90. The number of carbonyl (C=O) groups excluding carboxylic acids is 1. The average Bonchev–Trinajstić information content (AvgIpc) is 2.79. The van der Waals surface area contributed by atoms with Crippen molar-refractivity contribution in [1.82, 2.24) is 10.3 Å². The molecule has 0 aliphatic carbocycles. The Balaban J connectivity index is 2.11. The van der Waals surface area contributed by atoms with Crippen LogP contribution in [0.5, 0.6) is 0 Å². The van der Waals surface area contributed by atoms with Crippen LogP contribution < -0.4 is 5.32 Å². The quantitative estimate of drug-likeness (QED) is 0.866. The summed E-state index contributed by atoms with van der Waals surface area (Å²) >= 11 is 0. The first-order valence-corrected chi connectivity index (χ1v) is 6.58. The molecule has 0 fully saturated rings. The minimum absolute atomic E-state index is 0.00555. The number of nitrogens with one attached hydrogen (secondary N) is 2. The van der Waals surface area contributed by atoms with Gasteiger partial charge in [0.15, 0.2) is 0 Å². The van der Waals surface area contributed by atoms with E-state index in [0.29, 0.717) is 13.0 Å². The SMILES string of the molecule is CNC(=O)CC1(C)OCCc2c1[nH]c1ccccc21. The number of para-hydroxylation sites is 1. The molecule has 4 nitrogen and oxygen atoms in total. The molecule has 1 amide bonds. The molecule has 1 aromatic heterocycles. The van der Waals surface area contributed by atoms with E-state index in [1.165, 1.54) is 10.9 Å². The Kier molecular flexibility index (Phi) is 2.82. The van der Waals surface area contributed by atoms with E-state index in [1.54, 1.807) is 7.05 Å². The maximum Gasteiger partial charge on any atom is 0.223 e. The zero-order valence-corrected chi connectivity index (χ0v) is 11.2. The third kappa shape index (κ3) is 1.92. The molecule has 0 saturated carbocycles. The smallest absolute Gasteiger partial charge is 0.223 e. The van der Waals surface area contributed by atoms with Gasteiger partial charge in [-0.25, -0.2) is 0 Å². The van der Waals surface area contributed by atoms with E-state index in [-0.39, 0.29) is 5.91 Å². The van der Waals surface area contributed by atoms with Crippen molar-refractivity contribution >= 4 is 16.8 Å². The summed E-state index contributed by atoms with van der Waals surface area (Å²) in [7, 11) is 1.65. The molecule has 1 aromatic carbocycles. The van der Waals surface area contributed by atoms with Crippen molar-refractivity contribution in [2.75, 3.05) is 13.7 Å². The highest BCUT2D eigenvalue weighted by molar-refractivity contribution is 5.86. The number of hydrogen-bond acceptors (Lipinski definition) is 2. The summed E-state index contributed by atoms with van der Waals surface area (Å²) < 4.78 is 5.90. The van der Waals surface area contributed by atoms with Crippen LogP contribution in [0.4, 0.5) is 0 Å². The summed E-state index contributed by atoms with van der Waals surface area (Å²) in [6.45, 7) is 2.64. The van der Waals surface area contributed by atoms with Gasteiger partial charge >= 0.3 is 0 Å². The minimum Gasteiger partial charge on any atom is -0.368 e. The Morgan fingerprint density at radius 2 is 2.26 bits per heavy atom. The molecule has 1 atom stereocenters. The van der Waals surface area contributed by atoms with E-state index >= 15 is 0 Å². The molecular formula is C15H18N2O2. The number of aromatic nitrogens is 1. The highest BCUT2D eigenvalue weighted by Gasteiger charge is 2.37. The van der Waals surface area contributed by atoms with Crippen LogP contribution in [0.3, 0.4) is 0 Å². The van der Waals surface area contributed by atoms with Gasteiger partial charge in [0.25, 0.3) is 0 Å². The lowest BCUT2D eigenvalue weighted by molar-refractivity contribution is -0.130. The third-order valence-electron chi connectivity index (χ3n) is 3.89. The molecule has 0 saturated heterocycles. The Labute approximate surface area is 112 Å². The fourth-order valence-electron chi connectivity index (χ4n) is 2.90. The molecule has 2 heterocycles. The highest BCUT2D eigenvalue weighted by atomic mass is 16.5. The molecule has 0 bridgehead atoms. The number of hydrogen-bond donors (Lipinski definition) is 2. The monoisotopic (exact) mass is 258 g/mol. The lowest BCUT2D eigenvalue weighted by Gasteiger charge is -2.33. The zero-order chi connectivity index (χ0) is 13.5. The van der Waals surface area contributed by atoms with Gasteiger partial charge in [-0.2, -0.15) is 0 Å². The molecule has 1 aliphatic rings. The first kappa shape index (κ1) is 12.2. The maximum atomic E-state index is 11.7. The van der Waals surface area contributed by atoms with Crippen LogP contribution in [0, 0.1) is 0 Å². The van der Waals surface area contributed by atoms with Gasteiger partial charge < -0.3 is 15.0 Å². The molecule has 19 heavy (non-hydrogen) atoms. The number of amides is 1. The summed E-state index contributed by atoms with van der Waals surface area (Å²) in [6, 6.07) is 8.24. The van der Waals surface area contributed by atoms with Crippen molar-refractivity contribution in [2.45, 2.75) is 25.4 Å². The van der Waals surface area contributed by atoms with Crippen molar-refractivity contribution in [2.24, 2.45) is 0 Å². The Bertz CT molecular complexity index is 632. The largest absolute Gasteiger partial charge is 0.368 e. The predicted octanol–water partition coefficient (Wildman–Crippen LogP) is 2.09. The standard InChI is InChI=1S/C15H18N2O2/c1-15(9-13(18)16-2)14-11(7-8-19-15)10-5-3-4-6-12(10)17-14/h3-6,17H,7-9H2,1-2H3,(H,16,18). The van der Waals surface area contributed by atoms with E-state index in [1.807, 2.05) is 19.1 Å². The fraction of sp³-hybridized carbons (Fsp3) is 0.400. The molecule has 1 unspecified atom stereocenters. The van der Waals surface area contributed by atoms with E-state index in [2.05, 4.69) is 22.4 Å². The van der Waals surface area contributed by atoms with Crippen molar-refractivity contribution in [3.8, 4) is 0 Å². The Hall–Kier alpha value is -1.81. The summed E-state index contributed by atoms with van der Waals surface area (Å²) in [5.41, 5.74) is 2.88. The van der Waals surface area contributed by atoms with Gasteiger partial charge in [0.05, 0.1) is 18.7 Å². The van der Waals surface area contributed by atoms with Gasteiger partial charge in [0.2, 0.25) is 5.91 Å². The van der Waals surface area contributed by atoms with E-state index in [0.717, 1.165) is 17.6 Å². The van der Waals surface area contributed by atoms with Crippen LogP contribution >= 0.6 is 0 Å². The van der Waals surface area contributed by atoms with E-state index in [9.17, 15) is 4.79 Å². The van der Waals surface area contributed by atoms with Crippen LogP contribution in [0.15, 0.2) is 24.3 Å². The van der Waals surface area contributed by atoms with Crippen LogP contribution in [0.1, 0.15) is 24.6 Å². The Morgan fingerprint density at radius 1 is 1.47 bits per heavy atom. The molecule has 2 aromatic rings. The number of fused-ring (bicyclic) bond motifs is 3. The number of benzene rings is 1. The Morgan fingerprint density at radius 3 is 3.05 bits per heavy atom. The summed E-state index contributed by atoms with van der Waals surface area (Å²) in [5, 5.41) is 3.91. The summed E-state index contributed by atoms with van der Waals surface area (Å²) in [5.74, 6) is -0.00555. The van der Waals surface area contributed by atoms with Gasteiger partial charge in [0.1, 0.15) is 5.60 Å². The van der Waals surface area contributed by atoms with Crippen molar-refractivity contribution in [1.29, 1.82) is 0 Å². The lowest BCUT2D eigenvalue weighted by Crippen LogP contribution is -2.37. The van der Waals surface area contributed by atoms with E-state index < -0.39 is 5.60 Å². The number of rotatable bonds is 2. The number of aromatic amines is 1. The zero-order valence-electron chi connectivity index (χ0n) is 11.2. The number of ether oxygens (including phenoxy) is 1. The molecule has 0 spiro atoms. The van der Waals surface area contributed by atoms with Crippen LogP contribution in [-0.2, 0) is 21.6 Å². The summed E-state index contributed by atoms with van der Waals surface area (Å²) in [6.07, 6.45) is 1.23. The second-order valence-corrected chi connectivity index (χ2v) is 5.20. The number of H-pyrrole nitrogens is 1. The fourth-order valence-corrected chi connectivity index (χ4v) is 2.90. The molecule has 4 heteroatoms. The first-order valence-electron chi connectivity index (χ1n) is 6.58. The normalized spacial score (nSPS) is 22.2. The van der Waals surface area contributed by atoms with Gasteiger partial charge in [-0.3, -0.25) is 4.79 Å². The van der Waals surface area contributed by atoms with Crippen LogP contribution in [-0.4, -0.2) is 24.5 Å². The summed E-state index contributed by atoms with van der Waals surface area (Å²) in [4.78, 5) is 15.1. The van der Waals surface area contributed by atoms with Gasteiger partial charge in [-0.15, -0.1) is 0 Å². The third-order valence-corrected chi connectivity index (χ3v) is 3.89. The van der Waals surface area contributed by atoms with Crippen molar-refractivity contribution in [3.63, 3.8) is 0 Å². The van der Waals surface area contributed by atoms with E-state index in [4.69, 9.17) is 4.74 Å². The average molecular weight is 258 g/mol. The topological polar surface area (TPSA) is 54.1 Å². The van der Waals surface area contributed by atoms with Gasteiger partial charge in [-0.1, -0.05) is 18.2 Å². The molecule has 0 radical (unpaired) electrons. The van der Waals surface area contributed by atoms with Crippen LogP contribution in [0.25, 0.3) is 10.9 Å². The molecule has 3 rings (SSSR count). The molecule has 1 aliphatic heterocycles. The molecular weight excluding hydrogens is 240 g/mol.